The molecule has 0 unspecified atom stereocenters. The van der Waals surface area contributed by atoms with Gasteiger partial charge in [-0.1, -0.05) is 64.5 Å². The summed E-state index contributed by atoms with van der Waals surface area (Å²) in [5.74, 6) is 0.783. The minimum atomic E-state index is -0.0998. The number of nitrogens with one attached hydrogen (secondary N) is 2. The lowest BCUT2D eigenvalue weighted by molar-refractivity contribution is -0.116. The number of methoxy groups -OCH3 is 1. The third kappa shape index (κ3) is 8.67. The van der Waals surface area contributed by atoms with E-state index in [-0.39, 0.29) is 11.8 Å². The number of anilines is 3. The van der Waals surface area contributed by atoms with Crippen molar-refractivity contribution in [2.45, 2.75) is 71.6 Å². The van der Waals surface area contributed by atoms with Crippen molar-refractivity contribution >= 4 is 28.9 Å². The first-order valence-electron chi connectivity index (χ1n) is 14.4. The van der Waals surface area contributed by atoms with Gasteiger partial charge in [0.05, 0.1) is 18.4 Å². The molecule has 7 nitrogen and oxygen atoms in total. The van der Waals surface area contributed by atoms with E-state index in [9.17, 15) is 9.59 Å². The lowest BCUT2D eigenvalue weighted by atomic mass is 10.1. The van der Waals surface area contributed by atoms with Gasteiger partial charge in [-0.15, -0.1) is 0 Å². The molecule has 2 amide bonds. The molecule has 0 saturated carbocycles. The number of para-hydroxylation sites is 2. The molecule has 38 heavy (non-hydrogen) atoms. The van der Waals surface area contributed by atoms with E-state index < -0.39 is 0 Å². The van der Waals surface area contributed by atoms with Crippen molar-refractivity contribution in [1.29, 1.82) is 0 Å². The van der Waals surface area contributed by atoms with Gasteiger partial charge in [0.1, 0.15) is 5.75 Å². The molecule has 2 aromatic carbocycles. The zero-order valence-electron chi connectivity index (χ0n) is 23.6. The maximum absolute atomic E-state index is 13.1. The SMILES string of the molecule is CCCCCCCCCC(=O)Nc1ccc(N2CCN(c3ccccc3OC)CC2)c(C(=O)NCCC)c1. The Kier molecular flexibility index (Phi) is 12.3. The van der Waals surface area contributed by atoms with Crippen LogP contribution in [0.5, 0.6) is 5.75 Å². The molecule has 2 N–H and O–H groups in total. The zero-order chi connectivity index (χ0) is 27.2. The molecule has 0 radical (unpaired) electrons. The van der Waals surface area contributed by atoms with Crippen molar-refractivity contribution in [1.82, 2.24) is 5.32 Å². The lowest BCUT2D eigenvalue weighted by Crippen LogP contribution is -2.47. The number of hydrogen-bond acceptors (Lipinski definition) is 5. The highest BCUT2D eigenvalue weighted by Crippen LogP contribution is 2.31. The summed E-state index contributed by atoms with van der Waals surface area (Å²) in [6.07, 6.45) is 9.63. The predicted octanol–water partition coefficient (Wildman–Crippen LogP) is 6.24. The van der Waals surface area contributed by atoms with Crippen LogP contribution in [0.1, 0.15) is 82.0 Å². The third-order valence-corrected chi connectivity index (χ3v) is 7.11. The van der Waals surface area contributed by atoms with Crippen LogP contribution >= 0.6 is 0 Å². The summed E-state index contributed by atoms with van der Waals surface area (Å²) >= 11 is 0. The molecule has 1 heterocycles. The first-order chi connectivity index (χ1) is 18.6. The molecule has 0 aromatic heterocycles. The molecule has 1 fully saturated rings. The van der Waals surface area contributed by atoms with Crippen LogP contribution in [0.15, 0.2) is 42.5 Å². The van der Waals surface area contributed by atoms with Gasteiger partial charge in [0, 0.05) is 50.5 Å². The molecule has 0 bridgehead atoms. The third-order valence-electron chi connectivity index (χ3n) is 7.11. The van der Waals surface area contributed by atoms with Crippen molar-refractivity contribution in [3.05, 3.63) is 48.0 Å². The molecule has 0 spiro atoms. The van der Waals surface area contributed by atoms with Crippen molar-refractivity contribution < 1.29 is 14.3 Å². The van der Waals surface area contributed by atoms with Crippen LogP contribution in [0.2, 0.25) is 0 Å². The van der Waals surface area contributed by atoms with E-state index in [0.717, 1.165) is 62.6 Å². The molecule has 3 rings (SSSR count). The number of nitrogens with zero attached hydrogens (tertiary/aromatic N) is 2. The second-order valence-electron chi connectivity index (χ2n) is 10.1. The van der Waals surface area contributed by atoms with Crippen molar-refractivity contribution in [3.8, 4) is 5.75 Å². The van der Waals surface area contributed by atoms with Crippen LogP contribution in [-0.2, 0) is 4.79 Å². The topological polar surface area (TPSA) is 73.9 Å². The number of piperazine rings is 1. The highest BCUT2D eigenvalue weighted by molar-refractivity contribution is 6.02. The molecule has 1 aliphatic heterocycles. The lowest BCUT2D eigenvalue weighted by Gasteiger charge is -2.38. The maximum Gasteiger partial charge on any atom is 0.253 e. The van der Waals surface area contributed by atoms with Gasteiger partial charge >= 0.3 is 0 Å². The Morgan fingerprint density at radius 1 is 0.816 bits per heavy atom. The summed E-state index contributed by atoms with van der Waals surface area (Å²) in [5.41, 5.74) is 3.28. The molecular weight excluding hydrogens is 476 g/mol. The molecule has 0 aliphatic carbocycles. The van der Waals surface area contributed by atoms with Gasteiger partial charge in [0.15, 0.2) is 0 Å². The van der Waals surface area contributed by atoms with Gasteiger partial charge < -0.3 is 25.2 Å². The van der Waals surface area contributed by atoms with E-state index in [4.69, 9.17) is 4.74 Å². The molecule has 208 valence electrons. The van der Waals surface area contributed by atoms with E-state index in [1.165, 1.54) is 32.1 Å². The average Bonchev–Trinajstić information content (AvgIpc) is 2.95. The highest BCUT2D eigenvalue weighted by Gasteiger charge is 2.23. The molecule has 1 aliphatic rings. The monoisotopic (exact) mass is 522 g/mol. The summed E-state index contributed by atoms with van der Waals surface area (Å²) in [5, 5.41) is 6.03. The molecule has 2 aromatic rings. The van der Waals surface area contributed by atoms with Crippen LogP contribution in [0, 0.1) is 0 Å². The first-order valence-corrected chi connectivity index (χ1v) is 14.4. The van der Waals surface area contributed by atoms with Crippen LogP contribution < -0.4 is 25.2 Å². The van der Waals surface area contributed by atoms with Crippen molar-refractivity contribution in [2.75, 3.05) is 55.0 Å². The van der Waals surface area contributed by atoms with Crippen LogP contribution in [-0.4, -0.2) is 51.6 Å². The van der Waals surface area contributed by atoms with Crippen molar-refractivity contribution in [2.24, 2.45) is 0 Å². The Bertz CT molecular complexity index is 1020. The smallest absolute Gasteiger partial charge is 0.253 e. The van der Waals surface area contributed by atoms with E-state index in [2.05, 4.69) is 33.4 Å². The van der Waals surface area contributed by atoms with E-state index >= 15 is 0 Å². The summed E-state index contributed by atoms with van der Waals surface area (Å²) in [7, 11) is 1.70. The number of carbonyl (C=O) groups is 2. The number of carbonyl (C=O) groups excluding carboxylic acids is 2. The fourth-order valence-corrected chi connectivity index (χ4v) is 4.95. The number of benzene rings is 2. The average molecular weight is 523 g/mol. The second-order valence-corrected chi connectivity index (χ2v) is 10.1. The number of unbranched alkanes of at least 4 members (excludes halogenated alkanes) is 6. The van der Waals surface area contributed by atoms with Crippen LogP contribution in [0.4, 0.5) is 17.1 Å². The van der Waals surface area contributed by atoms with Crippen molar-refractivity contribution in [3.63, 3.8) is 0 Å². The highest BCUT2D eigenvalue weighted by atomic mass is 16.5. The normalized spacial score (nSPS) is 13.3. The molecule has 0 atom stereocenters. The standard InChI is InChI=1S/C31H46N4O3/c1-4-6-7-8-9-10-11-16-30(36)33-25-17-18-27(26(24-25)31(37)32-19-5-2)34-20-22-35(23-21-34)28-14-12-13-15-29(28)38-3/h12-15,17-18,24H,4-11,16,19-23H2,1-3H3,(H,32,37)(H,33,36). The van der Waals surface area contributed by atoms with Crippen LogP contribution in [0.3, 0.4) is 0 Å². The number of rotatable bonds is 15. The molecular formula is C31H46N4O3. The van der Waals surface area contributed by atoms with Gasteiger partial charge in [-0.2, -0.15) is 0 Å². The second kappa shape index (κ2) is 15.9. The fourth-order valence-electron chi connectivity index (χ4n) is 4.95. The minimum absolute atomic E-state index is 0.0108. The summed E-state index contributed by atoms with van der Waals surface area (Å²) in [6, 6.07) is 13.8. The first kappa shape index (κ1) is 29.3. The quantitative estimate of drug-likeness (QED) is 0.271. The zero-order valence-corrected chi connectivity index (χ0v) is 23.6. The number of ether oxygens (including phenoxy) is 1. The Morgan fingerprint density at radius 3 is 2.16 bits per heavy atom. The largest absolute Gasteiger partial charge is 0.495 e. The van der Waals surface area contributed by atoms with Gasteiger partial charge in [-0.25, -0.2) is 0 Å². The Labute approximate surface area is 228 Å². The minimum Gasteiger partial charge on any atom is -0.495 e. The van der Waals surface area contributed by atoms with Gasteiger partial charge in [0.25, 0.3) is 5.91 Å². The molecule has 1 saturated heterocycles. The Hall–Kier alpha value is -3.22. The molecule has 7 heteroatoms. The van der Waals surface area contributed by atoms with Gasteiger partial charge in [-0.05, 0) is 43.2 Å². The fraction of sp³-hybridized carbons (Fsp3) is 0.548. The predicted molar refractivity (Wildman–Crippen MR) is 158 cm³/mol. The Balaban J connectivity index is 1.62. The summed E-state index contributed by atoms with van der Waals surface area (Å²) in [4.78, 5) is 30.3. The van der Waals surface area contributed by atoms with Gasteiger partial charge in [-0.3, -0.25) is 9.59 Å². The maximum atomic E-state index is 13.1. The van der Waals surface area contributed by atoms with E-state index in [1.807, 2.05) is 43.3 Å². The van der Waals surface area contributed by atoms with Crippen LogP contribution in [0.25, 0.3) is 0 Å². The van der Waals surface area contributed by atoms with Gasteiger partial charge in [0.2, 0.25) is 5.91 Å². The Morgan fingerprint density at radius 2 is 1.47 bits per heavy atom. The number of hydrogen-bond donors (Lipinski definition) is 2. The summed E-state index contributed by atoms with van der Waals surface area (Å²) in [6.45, 7) is 8.11. The number of amides is 2. The van der Waals surface area contributed by atoms with E-state index in [0.29, 0.717) is 24.2 Å². The summed E-state index contributed by atoms with van der Waals surface area (Å²) < 4.78 is 5.55. The van der Waals surface area contributed by atoms with E-state index in [1.54, 1.807) is 7.11 Å².